The molecule has 1 N–H and O–H groups in total. The minimum atomic E-state index is -0.0896. The molecule has 120 valence electrons. The second-order valence-corrected chi connectivity index (χ2v) is 7.25. The van der Waals surface area contributed by atoms with Gasteiger partial charge in [-0.25, -0.2) is 0 Å². The third kappa shape index (κ3) is 3.82. The van der Waals surface area contributed by atoms with Crippen molar-refractivity contribution >= 4 is 45.9 Å². The van der Waals surface area contributed by atoms with Crippen LogP contribution in [0, 0.1) is 3.57 Å². The molecule has 0 aromatic heterocycles. The quantitative estimate of drug-likeness (QED) is 0.398. The van der Waals surface area contributed by atoms with E-state index in [0.717, 1.165) is 20.4 Å². The summed E-state index contributed by atoms with van der Waals surface area (Å²) in [4.78, 5) is 13.8. The van der Waals surface area contributed by atoms with Crippen molar-refractivity contribution < 1.29 is 4.79 Å². The van der Waals surface area contributed by atoms with Gasteiger partial charge in [-0.3, -0.25) is 4.79 Å². The zero-order valence-corrected chi connectivity index (χ0v) is 16.1. The van der Waals surface area contributed by atoms with Crippen LogP contribution in [-0.2, 0) is 0 Å². The molecule has 3 rings (SSSR count). The van der Waals surface area contributed by atoms with Gasteiger partial charge >= 0.3 is 0 Å². The van der Waals surface area contributed by atoms with Crippen molar-refractivity contribution in [2.24, 2.45) is 0 Å². The summed E-state index contributed by atoms with van der Waals surface area (Å²) in [5.41, 5.74) is 3.61. The monoisotopic (exact) mass is 445 g/mol. The summed E-state index contributed by atoms with van der Waals surface area (Å²) in [5.74, 6) is -0.0896. The smallest absolute Gasteiger partial charge is 0.256 e. The SMILES string of the molecule is CSc1ccc(-c2ccccc2NC(=O)c2ccccc2I)cc1. The van der Waals surface area contributed by atoms with E-state index >= 15 is 0 Å². The van der Waals surface area contributed by atoms with E-state index in [-0.39, 0.29) is 5.91 Å². The summed E-state index contributed by atoms with van der Waals surface area (Å²) < 4.78 is 0.939. The minimum absolute atomic E-state index is 0.0896. The summed E-state index contributed by atoms with van der Waals surface area (Å²) in [6, 6.07) is 23.8. The topological polar surface area (TPSA) is 29.1 Å². The molecular formula is C20H16INOS. The molecule has 0 atom stereocenters. The second kappa shape index (κ2) is 7.85. The number of hydrogen-bond donors (Lipinski definition) is 1. The average molecular weight is 445 g/mol. The number of carbonyl (C=O) groups is 1. The predicted molar refractivity (Wildman–Crippen MR) is 111 cm³/mol. The van der Waals surface area contributed by atoms with Crippen molar-refractivity contribution in [1.29, 1.82) is 0 Å². The molecular weight excluding hydrogens is 429 g/mol. The Morgan fingerprint density at radius 1 is 0.917 bits per heavy atom. The summed E-state index contributed by atoms with van der Waals surface area (Å²) in [7, 11) is 0. The summed E-state index contributed by atoms with van der Waals surface area (Å²) in [6.07, 6.45) is 2.06. The number of anilines is 1. The molecule has 0 saturated carbocycles. The van der Waals surface area contributed by atoms with Gasteiger partial charge in [0.05, 0.1) is 5.56 Å². The highest BCUT2D eigenvalue weighted by Gasteiger charge is 2.12. The van der Waals surface area contributed by atoms with Gasteiger partial charge in [-0.15, -0.1) is 11.8 Å². The number of benzene rings is 3. The van der Waals surface area contributed by atoms with Crippen molar-refractivity contribution in [1.82, 2.24) is 0 Å². The molecule has 0 saturated heterocycles. The molecule has 0 bridgehead atoms. The zero-order chi connectivity index (χ0) is 16.9. The van der Waals surface area contributed by atoms with Crippen LogP contribution in [0.3, 0.4) is 0 Å². The lowest BCUT2D eigenvalue weighted by molar-refractivity contribution is 0.102. The molecule has 0 aliphatic heterocycles. The van der Waals surface area contributed by atoms with Gasteiger partial charge in [-0.1, -0.05) is 42.5 Å². The lowest BCUT2D eigenvalue weighted by Crippen LogP contribution is -2.13. The second-order valence-electron chi connectivity index (χ2n) is 5.21. The van der Waals surface area contributed by atoms with E-state index in [2.05, 4.69) is 58.4 Å². The first-order valence-electron chi connectivity index (χ1n) is 7.48. The number of halogens is 1. The van der Waals surface area contributed by atoms with E-state index in [1.807, 2.05) is 48.5 Å². The summed E-state index contributed by atoms with van der Waals surface area (Å²) in [6.45, 7) is 0. The highest BCUT2D eigenvalue weighted by Crippen LogP contribution is 2.30. The molecule has 0 spiro atoms. The van der Waals surface area contributed by atoms with Gasteiger partial charge < -0.3 is 5.32 Å². The Labute approximate surface area is 159 Å². The number of rotatable bonds is 4. The van der Waals surface area contributed by atoms with E-state index in [0.29, 0.717) is 5.56 Å². The maximum Gasteiger partial charge on any atom is 0.256 e. The van der Waals surface area contributed by atoms with Crippen LogP contribution in [-0.4, -0.2) is 12.2 Å². The largest absolute Gasteiger partial charge is 0.321 e. The number of amides is 1. The van der Waals surface area contributed by atoms with Crippen LogP contribution < -0.4 is 5.32 Å². The van der Waals surface area contributed by atoms with Crippen molar-refractivity contribution in [2.45, 2.75) is 4.90 Å². The van der Waals surface area contributed by atoms with E-state index in [9.17, 15) is 4.79 Å². The van der Waals surface area contributed by atoms with Crippen LogP contribution in [0.2, 0.25) is 0 Å². The minimum Gasteiger partial charge on any atom is -0.321 e. The molecule has 4 heteroatoms. The third-order valence-electron chi connectivity index (χ3n) is 3.69. The van der Waals surface area contributed by atoms with Gasteiger partial charge in [-0.2, -0.15) is 0 Å². The van der Waals surface area contributed by atoms with Gasteiger partial charge in [-0.05, 0) is 64.7 Å². The lowest BCUT2D eigenvalue weighted by Gasteiger charge is -2.12. The summed E-state index contributed by atoms with van der Waals surface area (Å²) >= 11 is 3.90. The van der Waals surface area contributed by atoms with Crippen LogP contribution in [0.5, 0.6) is 0 Å². The molecule has 2 nitrogen and oxygen atoms in total. The Hall–Kier alpha value is -1.79. The molecule has 0 radical (unpaired) electrons. The number of nitrogens with one attached hydrogen (secondary N) is 1. The van der Waals surface area contributed by atoms with Crippen LogP contribution in [0.25, 0.3) is 11.1 Å². The molecule has 0 aliphatic carbocycles. The van der Waals surface area contributed by atoms with Crippen molar-refractivity contribution in [3.63, 3.8) is 0 Å². The molecule has 3 aromatic rings. The lowest BCUT2D eigenvalue weighted by atomic mass is 10.0. The van der Waals surface area contributed by atoms with Crippen LogP contribution in [0.1, 0.15) is 10.4 Å². The van der Waals surface area contributed by atoms with Crippen molar-refractivity contribution in [3.8, 4) is 11.1 Å². The van der Waals surface area contributed by atoms with Gasteiger partial charge in [0.15, 0.2) is 0 Å². The van der Waals surface area contributed by atoms with Crippen molar-refractivity contribution in [3.05, 3.63) is 81.9 Å². The van der Waals surface area contributed by atoms with E-state index in [4.69, 9.17) is 0 Å². The van der Waals surface area contributed by atoms with Crippen molar-refractivity contribution in [2.75, 3.05) is 11.6 Å². The molecule has 3 aromatic carbocycles. The standard InChI is InChI=1S/C20H16INOS/c1-24-15-12-10-14(11-13-15)16-6-3-5-9-19(16)22-20(23)17-7-2-4-8-18(17)21/h2-13H,1H3,(H,22,23). The molecule has 1 amide bonds. The summed E-state index contributed by atoms with van der Waals surface area (Å²) in [5, 5.41) is 3.05. The van der Waals surface area contributed by atoms with E-state index < -0.39 is 0 Å². The van der Waals surface area contributed by atoms with Crippen LogP contribution >= 0.6 is 34.4 Å². The van der Waals surface area contributed by atoms with Gasteiger partial charge in [0.1, 0.15) is 0 Å². The maximum atomic E-state index is 12.6. The Morgan fingerprint density at radius 3 is 2.29 bits per heavy atom. The Balaban J connectivity index is 1.92. The molecule has 0 fully saturated rings. The van der Waals surface area contributed by atoms with E-state index in [1.54, 1.807) is 11.8 Å². The highest BCUT2D eigenvalue weighted by molar-refractivity contribution is 14.1. The van der Waals surface area contributed by atoms with Gasteiger partial charge in [0, 0.05) is 19.7 Å². The number of carbonyl (C=O) groups excluding carboxylic acids is 1. The molecule has 0 heterocycles. The average Bonchev–Trinajstić information content (AvgIpc) is 2.62. The zero-order valence-electron chi connectivity index (χ0n) is 13.1. The fourth-order valence-corrected chi connectivity index (χ4v) is 3.49. The fraction of sp³-hybridized carbons (Fsp3) is 0.0500. The maximum absolute atomic E-state index is 12.6. The number of thioether (sulfide) groups is 1. The third-order valence-corrected chi connectivity index (χ3v) is 5.38. The predicted octanol–water partition coefficient (Wildman–Crippen LogP) is 5.93. The van der Waals surface area contributed by atoms with Gasteiger partial charge in [0.25, 0.3) is 5.91 Å². The molecule has 0 unspecified atom stereocenters. The first kappa shape index (κ1) is 17.0. The van der Waals surface area contributed by atoms with Crippen LogP contribution in [0.15, 0.2) is 77.7 Å². The number of hydrogen-bond acceptors (Lipinski definition) is 2. The van der Waals surface area contributed by atoms with Gasteiger partial charge in [0.2, 0.25) is 0 Å². The number of para-hydroxylation sites is 1. The normalized spacial score (nSPS) is 10.4. The first-order chi connectivity index (χ1) is 11.7. The first-order valence-corrected chi connectivity index (χ1v) is 9.79. The Bertz CT molecular complexity index is 862. The Kier molecular flexibility index (Phi) is 5.58. The highest BCUT2D eigenvalue weighted by atomic mass is 127. The molecule has 24 heavy (non-hydrogen) atoms. The Morgan fingerprint density at radius 2 is 1.58 bits per heavy atom. The molecule has 0 aliphatic rings. The fourth-order valence-electron chi connectivity index (χ4n) is 2.45. The van der Waals surface area contributed by atoms with Crippen LogP contribution in [0.4, 0.5) is 5.69 Å². The van der Waals surface area contributed by atoms with E-state index in [1.165, 1.54) is 4.90 Å².